The van der Waals surface area contributed by atoms with E-state index in [2.05, 4.69) is 36.3 Å². The van der Waals surface area contributed by atoms with Gasteiger partial charge in [0.05, 0.1) is 5.54 Å². The average Bonchev–Trinajstić information content (AvgIpc) is 2.25. The average molecular weight is 244 g/mol. The molecule has 0 bridgehead atoms. The van der Waals surface area contributed by atoms with Gasteiger partial charge in [-0.1, -0.05) is 0 Å². The van der Waals surface area contributed by atoms with Crippen molar-refractivity contribution in [2.75, 3.05) is 47.8 Å². The summed E-state index contributed by atoms with van der Waals surface area (Å²) in [6.45, 7) is 4.93. The highest BCUT2D eigenvalue weighted by Gasteiger charge is 2.28. The molecule has 0 spiro atoms. The number of amides is 1. The van der Waals surface area contributed by atoms with E-state index in [1.165, 1.54) is 0 Å². The van der Waals surface area contributed by atoms with Crippen LogP contribution < -0.4 is 11.1 Å². The predicted molar refractivity (Wildman–Crippen MR) is 71.9 cm³/mol. The van der Waals surface area contributed by atoms with Crippen LogP contribution in [0.2, 0.25) is 0 Å². The highest BCUT2D eigenvalue weighted by molar-refractivity contribution is 5.84. The van der Waals surface area contributed by atoms with Gasteiger partial charge in [-0.25, -0.2) is 0 Å². The van der Waals surface area contributed by atoms with E-state index < -0.39 is 5.54 Å². The minimum absolute atomic E-state index is 0.282. The molecule has 0 aromatic rings. The third-order valence-electron chi connectivity index (χ3n) is 3.24. The van der Waals surface area contributed by atoms with E-state index in [4.69, 9.17) is 5.73 Å². The smallest absolute Gasteiger partial charge is 0.237 e. The summed E-state index contributed by atoms with van der Waals surface area (Å²) in [4.78, 5) is 15.7. The number of nitrogens with one attached hydrogen (secondary N) is 1. The topological polar surface area (TPSA) is 61.6 Å². The van der Waals surface area contributed by atoms with Gasteiger partial charge < -0.3 is 20.9 Å². The molecule has 5 nitrogen and oxygen atoms in total. The molecule has 5 heteroatoms. The molecule has 0 fully saturated rings. The van der Waals surface area contributed by atoms with Gasteiger partial charge >= 0.3 is 0 Å². The minimum Gasteiger partial charge on any atom is -0.368 e. The van der Waals surface area contributed by atoms with E-state index in [0.29, 0.717) is 0 Å². The number of primary amides is 1. The van der Waals surface area contributed by atoms with Crippen LogP contribution in [0.3, 0.4) is 0 Å². The molecule has 102 valence electrons. The fraction of sp³-hybridized carbons (Fsp3) is 0.917. The van der Waals surface area contributed by atoms with Crippen molar-refractivity contribution in [2.24, 2.45) is 5.73 Å². The van der Waals surface area contributed by atoms with Gasteiger partial charge in [-0.15, -0.1) is 0 Å². The van der Waals surface area contributed by atoms with Gasteiger partial charge in [-0.3, -0.25) is 4.79 Å². The molecule has 17 heavy (non-hydrogen) atoms. The van der Waals surface area contributed by atoms with Gasteiger partial charge in [-0.2, -0.15) is 0 Å². The van der Waals surface area contributed by atoms with Crippen molar-refractivity contribution < 1.29 is 4.79 Å². The van der Waals surface area contributed by atoms with E-state index in [1.54, 1.807) is 7.05 Å². The van der Waals surface area contributed by atoms with E-state index in [-0.39, 0.29) is 5.91 Å². The van der Waals surface area contributed by atoms with E-state index in [0.717, 1.165) is 32.5 Å². The summed E-state index contributed by atoms with van der Waals surface area (Å²) in [5, 5.41) is 3.00. The first kappa shape index (κ1) is 16.4. The summed E-state index contributed by atoms with van der Waals surface area (Å²) in [6, 6.07) is 0. The fourth-order valence-electron chi connectivity index (χ4n) is 1.56. The fourth-order valence-corrected chi connectivity index (χ4v) is 1.56. The van der Waals surface area contributed by atoms with Gasteiger partial charge in [0.15, 0.2) is 0 Å². The zero-order valence-electron chi connectivity index (χ0n) is 11.9. The molecule has 0 aliphatic rings. The Bertz CT molecular complexity index is 233. The highest BCUT2D eigenvalue weighted by Crippen LogP contribution is 2.11. The maximum Gasteiger partial charge on any atom is 0.237 e. The number of carbonyl (C=O) groups excluding carboxylic acids is 1. The highest BCUT2D eigenvalue weighted by atomic mass is 16.1. The zero-order chi connectivity index (χ0) is 13.5. The molecule has 0 rings (SSSR count). The van der Waals surface area contributed by atoms with Gasteiger partial charge in [0.2, 0.25) is 5.91 Å². The van der Waals surface area contributed by atoms with Gasteiger partial charge in [0.25, 0.3) is 0 Å². The van der Waals surface area contributed by atoms with Gasteiger partial charge in [0.1, 0.15) is 0 Å². The number of nitrogens with two attached hydrogens (primary N) is 1. The van der Waals surface area contributed by atoms with Crippen LogP contribution in [0, 0.1) is 0 Å². The van der Waals surface area contributed by atoms with Gasteiger partial charge in [0, 0.05) is 13.1 Å². The largest absolute Gasteiger partial charge is 0.368 e. The van der Waals surface area contributed by atoms with Crippen molar-refractivity contribution in [3.8, 4) is 0 Å². The van der Waals surface area contributed by atoms with Crippen LogP contribution in [-0.4, -0.2) is 69.1 Å². The number of hydrogen-bond acceptors (Lipinski definition) is 4. The normalized spacial score (nSPS) is 15.2. The van der Waals surface area contributed by atoms with Gasteiger partial charge in [-0.05, 0) is 54.5 Å². The second kappa shape index (κ2) is 7.63. The van der Waals surface area contributed by atoms with Crippen LogP contribution in [0.25, 0.3) is 0 Å². The SMILES string of the molecule is CNC(C)(CCCN(C)CCN(C)C)C(N)=O. The number of carbonyl (C=O) groups is 1. The molecule has 0 heterocycles. The molecule has 0 aliphatic carbocycles. The maximum atomic E-state index is 11.3. The molecule has 0 saturated heterocycles. The predicted octanol–water partition coefficient (Wildman–Crippen LogP) is -0.277. The molecule has 3 N–H and O–H groups in total. The lowest BCUT2D eigenvalue weighted by Gasteiger charge is -2.26. The lowest BCUT2D eigenvalue weighted by molar-refractivity contribution is -0.123. The maximum absolute atomic E-state index is 11.3. The van der Waals surface area contributed by atoms with E-state index in [1.807, 2.05) is 6.92 Å². The van der Waals surface area contributed by atoms with Crippen LogP contribution in [-0.2, 0) is 4.79 Å². The Kier molecular flexibility index (Phi) is 7.34. The summed E-state index contributed by atoms with van der Waals surface area (Å²) < 4.78 is 0. The minimum atomic E-state index is -0.581. The van der Waals surface area contributed by atoms with Crippen molar-refractivity contribution in [1.29, 1.82) is 0 Å². The standard InChI is InChI=1S/C12H28N4O/c1-12(14-2,11(13)17)7-6-8-16(5)10-9-15(3)4/h14H,6-10H2,1-5H3,(H2,13,17). The Morgan fingerprint density at radius 3 is 2.24 bits per heavy atom. The van der Waals surface area contributed by atoms with Crippen LogP contribution in [0.4, 0.5) is 0 Å². The molecule has 1 unspecified atom stereocenters. The Labute approximate surface area is 105 Å². The van der Waals surface area contributed by atoms with Crippen molar-refractivity contribution in [2.45, 2.75) is 25.3 Å². The second-order valence-electron chi connectivity index (χ2n) is 5.16. The van der Waals surface area contributed by atoms with Crippen LogP contribution in [0.15, 0.2) is 0 Å². The molecule has 0 aromatic carbocycles. The molecule has 1 atom stereocenters. The third-order valence-corrected chi connectivity index (χ3v) is 3.24. The molecule has 0 saturated carbocycles. The first-order valence-electron chi connectivity index (χ1n) is 6.14. The molecule has 0 radical (unpaired) electrons. The van der Waals surface area contributed by atoms with Crippen molar-refractivity contribution >= 4 is 5.91 Å². The lowest BCUT2D eigenvalue weighted by atomic mass is 9.95. The third kappa shape index (κ3) is 6.61. The van der Waals surface area contributed by atoms with E-state index in [9.17, 15) is 4.79 Å². The van der Waals surface area contributed by atoms with Crippen LogP contribution in [0.5, 0.6) is 0 Å². The summed E-state index contributed by atoms with van der Waals surface area (Å²) in [5.74, 6) is -0.282. The Balaban J connectivity index is 3.85. The number of likely N-dealkylation sites (N-methyl/N-ethyl adjacent to an activating group) is 3. The number of rotatable bonds is 9. The first-order valence-corrected chi connectivity index (χ1v) is 6.14. The second-order valence-corrected chi connectivity index (χ2v) is 5.16. The van der Waals surface area contributed by atoms with Crippen molar-refractivity contribution in [1.82, 2.24) is 15.1 Å². The Hall–Kier alpha value is -0.650. The van der Waals surface area contributed by atoms with Crippen molar-refractivity contribution in [3.05, 3.63) is 0 Å². The van der Waals surface area contributed by atoms with Crippen LogP contribution in [0.1, 0.15) is 19.8 Å². The Morgan fingerprint density at radius 1 is 1.24 bits per heavy atom. The zero-order valence-corrected chi connectivity index (χ0v) is 11.9. The van der Waals surface area contributed by atoms with E-state index >= 15 is 0 Å². The summed E-state index contributed by atoms with van der Waals surface area (Å²) >= 11 is 0. The summed E-state index contributed by atoms with van der Waals surface area (Å²) in [7, 11) is 8.02. The summed E-state index contributed by atoms with van der Waals surface area (Å²) in [6.07, 6.45) is 1.73. The molecule has 0 aromatic heterocycles. The molecular formula is C12H28N4O. The number of nitrogens with zero attached hydrogens (tertiary/aromatic N) is 2. The quantitative estimate of drug-likeness (QED) is 0.586. The molecule has 1 amide bonds. The first-order chi connectivity index (χ1) is 7.81. The summed E-state index contributed by atoms with van der Waals surface area (Å²) in [5.41, 5.74) is 4.79. The van der Waals surface area contributed by atoms with Crippen LogP contribution >= 0.6 is 0 Å². The monoisotopic (exact) mass is 244 g/mol. The Morgan fingerprint density at radius 2 is 1.82 bits per heavy atom. The molecule has 0 aliphatic heterocycles. The van der Waals surface area contributed by atoms with Crippen molar-refractivity contribution in [3.63, 3.8) is 0 Å². The molecular weight excluding hydrogens is 216 g/mol. The number of hydrogen-bond donors (Lipinski definition) is 2. The lowest BCUT2D eigenvalue weighted by Crippen LogP contribution is -2.51.